The molecule has 0 bridgehead atoms. The number of amides is 1. The first-order valence-electron chi connectivity index (χ1n) is 10.4. The number of aliphatic hydroxyl groups excluding tert-OH is 1. The second kappa shape index (κ2) is 7.76. The molecule has 1 amide bonds. The van der Waals surface area contributed by atoms with Crippen LogP contribution in [0.5, 0.6) is 0 Å². The Balaban J connectivity index is 1.52. The molecule has 0 radical (unpaired) electrons. The number of ether oxygens (including phenoxy) is 1. The fourth-order valence-corrected chi connectivity index (χ4v) is 4.40. The molecule has 5 nitrogen and oxygen atoms in total. The third-order valence-electron chi connectivity index (χ3n) is 6.10. The Labute approximate surface area is 180 Å². The highest BCUT2D eigenvalue weighted by Crippen LogP contribution is 2.31. The van der Waals surface area contributed by atoms with E-state index in [0.29, 0.717) is 12.1 Å². The summed E-state index contributed by atoms with van der Waals surface area (Å²) in [7, 11) is 1.56. The average molecular weight is 412 g/mol. The number of fused-ring (bicyclic) bond motifs is 2. The van der Waals surface area contributed by atoms with Gasteiger partial charge in [-0.1, -0.05) is 35.9 Å². The lowest BCUT2D eigenvalue weighted by Gasteiger charge is -2.16. The van der Waals surface area contributed by atoms with E-state index in [1.165, 1.54) is 5.56 Å². The third kappa shape index (κ3) is 3.56. The first kappa shape index (κ1) is 19.7. The van der Waals surface area contributed by atoms with Crippen LogP contribution >= 0.6 is 0 Å². The Morgan fingerprint density at radius 3 is 2.74 bits per heavy atom. The van der Waals surface area contributed by atoms with Crippen molar-refractivity contribution in [2.45, 2.75) is 19.1 Å². The molecule has 1 aliphatic rings. The molecule has 1 saturated heterocycles. The van der Waals surface area contributed by atoms with Gasteiger partial charge in [0.05, 0.1) is 11.6 Å². The van der Waals surface area contributed by atoms with E-state index in [-0.39, 0.29) is 18.6 Å². The first-order valence-corrected chi connectivity index (χ1v) is 10.4. The molecule has 5 rings (SSSR count). The molecule has 1 aromatic heterocycles. The van der Waals surface area contributed by atoms with Crippen LogP contribution in [0.15, 0.2) is 66.9 Å². The number of aromatic nitrogens is 1. The van der Waals surface area contributed by atoms with E-state index in [0.717, 1.165) is 32.8 Å². The summed E-state index contributed by atoms with van der Waals surface area (Å²) in [5, 5.41) is 13.2. The topological polar surface area (TPSA) is 62.7 Å². The smallest absolute Gasteiger partial charge is 0.254 e. The van der Waals surface area contributed by atoms with Crippen molar-refractivity contribution in [3.8, 4) is 11.1 Å². The van der Waals surface area contributed by atoms with Crippen LogP contribution in [0.1, 0.15) is 15.9 Å². The van der Waals surface area contributed by atoms with Crippen molar-refractivity contribution >= 4 is 27.6 Å². The number of methoxy groups -OCH3 is 1. The van der Waals surface area contributed by atoms with Crippen LogP contribution in [0, 0.1) is 6.92 Å². The van der Waals surface area contributed by atoms with Crippen molar-refractivity contribution < 1.29 is 14.6 Å². The van der Waals surface area contributed by atoms with Crippen LogP contribution in [0.2, 0.25) is 0 Å². The zero-order valence-corrected chi connectivity index (χ0v) is 17.6. The van der Waals surface area contributed by atoms with Gasteiger partial charge in [-0.3, -0.25) is 9.78 Å². The van der Waals surface area contributed by atoms with Gasteiger partial charge in [0.1, 0.15) is 6.10 Å². The monoisotopic (exact) mass is 412 g/mol. The Morgan fingerprint density at radius 1 is 1.06 bits per heavy atom. The number of nitrogens with zero attached hydrogens (tertiary/aromatic N) is 2. The molecule has 5 heteroatoms. The maximum Gasteiger partial charge on any atom is 0.254 e. The Morgan fingerprint density at radius 2 is 1.94 bits per heavy atom. The van der Waals surface area contributed by atoms with Crippen molar-refractivity contribution in [2.75, 3.05) is 20.2 Å². The van der Waals surface area contributed by atoms with Gasteiger partial charge in [-0.2, -0.15) is 0 Å². The van der Waals surface area contributed by atoms with Crippen molar-refractivity contribution in [3.05, 3.63) is 78.0 Å². The number of β-amino-alcohol motifs (C(OH)–C–C–N with tert-alkyl or cyclic N) is 1. The number of benzene rings is 3. The van der Waals surface area contributed by atoms with Crippen molar-refractivity contribution in [3.63, 3.8) is 0 Å². The van der Waals surface area contributed by atoms with Crippen molar-refractivity contribution in [1.29, 1.82) is 0 Å². The predicted molar refractivity (Wildman–Crippen MR) is 122 cm³/mol. The van der Waals surface area contributed by atoms with Gasteiger partial charge in [0.25, 0.3) is 5.91 Å². The average Bonchev–Trinajstić information content (AvgIpc) is 3.17. The summed E-state index contributed by atoms with van der Waals surface area (Å²) in [5.41, 5.74) is 4.93. The molecule has 3 aromatic carbocycles. The molecule has 156 valence electrons. The zero-order valence-electron chi connectivity index (χ0n) is 17.6. The third-order valence-corrected chi connectivity index (χ3v) is 6.10. The molecule has 0 spiro atoms. The fraction of sp³-hybridized carbons (Fsp3) is 0.231. The minimum Gasteiger partial charge on any atom is -0.388 e. The summed E-state index contributed by atoms with van der Waals surface area (Å²) in [4.78, 5) is 19.3. The maximum absolute atomic E-state index is 13.0. The van der Waals surface area contributed by atoms with Crippen LogP contribution in [-0.2, 0) is 4.74 Å². The molecule has 2 atom stereocenters. The molecule has 0 aliphatic carbocycles. The highest BCUT2D eigenvalue weighted by atomic mass is 16.5. The van der Waals surface area contributed by atoms with Crippen LogP contribution in [0.3, 0.4) is 0 Å². The van der Waals surface area contributed by atoms with Crippen molar-refractivity contribution in [2.24, 2.45) is 0 Å². The van der Waals surface area contributed by atoms with Gasteiger partial charge < -0.3 is 14.7 Å². The van der Waals surface area contributed by atoms with Gasteiger partial charge in [-0.05, 0) is 53.6 Å². The van der Waals surface area contributed by atoms with E-state index in [9.17, 15) is 9.90 Å². The van der Waals surface area contributed by atoms with Crippen molar-refractivity contribution in [1.82, 2.24) is 9.88 Å². The van der Waals surface area contributed by atoms with E-state index in [4.69, 9.17) is 4.74 Å². The number of aliphatic hydroxyl groups is 1. The second-order valence-electron chi connectivity index (χ2n) is 8.21. The lowest BCUT2D eigenvalue weighted by atomic mass is 9.96. The number of pyridine rings is 1. The molecule has 2 heterocycles. The summed E-state index contributed by atoms with van der Waals surface area (Å²) in [6.07, 6.45) is 0.923. The molecular formula is C26H24N2O3. The van der Waals surface area contributed by atoms with Gasteiger partial charge in [0.2, 0.25) is 0 Å². The Bertz CT molecular complexity index is 1300. The number of carbonyl (C=O) groups excluding carboxylic acids is 1. The standard InChI is InChI=1S/C26H24N2O3/c1-16-6-9-23-19(10-16)12-20(13-27-23)21-5-3-4-17-11-18(7-8-22(17)21)26(30)28-14-24(29)25(15-28)31-2/h3-13,24-25,29H,14-15H2,1-2H3/t24-,25-/m0/s1. The van der Waals surface area contributed by atoms with E-state index >= 15 is 0 Å². The van der Waals surface area contributed by atoms with Crippen LogP contribution in [0.4, 0.5) is 0 Å². The number of rotatable bonds is 3. The summed E-state index contributed by atoms with van der Waals surface area (Å²) in [6.45, 7) is 2.77. The number of likely N-dealkylation sites (tertiary alicyclic amines) is 1. The summed E-state index contributed by atoms with van der Waals surface area (Å²) in [5.74, 6) is -0.0891. The Kier molecular flexibility index (Phi) is 4.93. The lowest BCUT2D eigenvalue weighted by molar-refractivity contribution is 0.0215. The molecule has 0 unspecified atom stereocenters. The maximum atomic E-state index is 13.0. The summed E-state index contributed by atoms with van der Waals surface area (Å²) < 4.78 is 5.26. The van der Waals surface area contributed by atoms with Gasteiger partial charge >= 0.3 is 0 Å². The van der Waals surface area contributed by atoms with Gasteiger partial charge in [0.15, 0.2) is 0 Å². The largest absolute Gasteiger partial charge is 0.388 e. The lowest BCUT2D eigenvalue weighted by Crippen LogP contribution is -2.29. The number of hydrogen-bond donors (Lipinski definition) is 1. The fourth-order valence-electron chi connectivity index (χ4n) is 4.40. The Hall–Kier alpha value is -3.28. The van der Waals surface area contributed by atoms with E-state index in [2.05, 4.69) is 36.2 Å². The first-order chi connectivity index (χ1) is 15.0. The zero-order chi connectivity index (χ0) is 21.5. The number of carbonyl (C=O) groups is 1. The number of hydrogen-bond acceptors (Lipinski definition) is 4. The highest BCUT2D eigenvalue weighted by Gasteiger charge is 2.34. The summed E-state index contributed by atoms with van der Waals surface area (Å²) in [6, 6.07) is 20.3. The van der Waals surface area contributed by atoms with Gasteiger partial charge in [-0.15, -0.1) is 0 Å². The minimum absolute atomic E-state index is 0.0891. The van der Waals surface area contributed by atoms with Gasteiger partial charge in [0, 0.05) is 42.9 Å². The van der Waals surface area contributed by atoms with E-state index in [1.807, 2.05) is 42.6 Å². The van der Waals surface area contributed by atoms with E-state index < -0.39 is 6.10 Å². The van der Waals surface area contributed by atoms with Crippen LogP contribution in [-0.4, -0.2) is 53.3 Å². The highest BCUT2D eigenvalue weighted by molar-refractivity contribution is 6.03. The molecule has 1 aliphatic heterocycles. The van der Waals surface area contributed by atoms with Crippen LogP contribution < -0.4 is 0 Å². The quantitative estimate of drug-likeness (QED) is 0.548. The molecule has 31 heavy (non-hydrogen) atoms. The predicted octanol–water partition coefficient (Wildman–Crippen LogP) is 4.20. The second-order valence-corrected chi connectivity index (χ2v) is 8.21. The summed E-state index contributed by atoms with van der Waals surface area (Å²) >= 11 is 0. The molecule has 4 aromatic rings. The van der Waals surface area contributed by atoms with E-state index in [1.54, 1.807) is 12.0 Å². The molecule has 1 N–H and O–H groups in total. The SMILES string of the molecule is CO[C@H]1CN(C(=O)c2ccc3c(-c4cnc5ccc(C)cc5c4)cccc3c2)C[C@@H]1O. The molecular weight excluding hydrogens is 388 g/mol. The molecule has 1 fully saturated rings. The van der Waals surface area contributed by atoms with Crippen LogP contribution in [0.25, 0.3) is 32.8 Å². The number of aryl methyl sites for hydroxylation is 1. The van der Waals surface area contributed by atoms with Gasteiger partial charge in [-0.25, -0.2) is 0 Å². The normalized spacial score (nSPS) is 18.7. The molecule has 0 saturated carbocycles. The minimum atomic E-state index is -0.648.